The molecule has 4 aliphatic rings. The van der Waals surface area contributed by atoms with Crippen molar-refractivity contribution in [3.05, 3.63) is 35.2 Å². The van der Waals surface area contributed by atoms with Gasteiger partial charge in [0.05, 0.1) is 34.6 Å². The molecule has 4 atom stereocenters. The molecule has 4 fully saturated rings. The number of hydrogen-bond acceptors (Lipinski definition) is 8. The van der Waals surface area contributed by atoms with Crippen LogP contribution in [0, 0.1) is 29.0 Å². The molecule has 10 nitrogen and oxygen atoms in total. The number of carbonyl (C=O) groups excluding carboxylic acids is 1. The highest BCUT2D eigenvalue weighted by Gasteiger charge is 2.64. The molecule has 3 saturated carbocycles. The van der Waals surface area contributed by atoms with E-state index in [1.807, 2.05) is 24.0 Å². The maximum Gasteiger partial charge on any atom is 0.229 e. The van der Waals surface area contributed by atoms with E-state index in [0.717, 1.165) is 24.7 Å². The van der Waals surface area contributed by atoms with E-state index in [4.69, 9.17) is 11.6 Å². The first kappa shape index (κ1) is 28.8. The first-order valence-corrected chi connectivity index (χ1v) is 15.8. The Kier molecular flexibility index (Phi) is 7.41. The first-order chi connectivity index (χ1) is 18.7. The minimum Gasteiger partial charge on any atom is -0.368 e. The maximum absolute atomic E-state index is 15.0. The van der Waals surface area contributed by atoms with E-state index in [1.165, 1.54) is 10.6 Å². The van der Waals surface area contributed by atoms with Crippen molar-refractivity contribution < 1.29 is 17.6 Å². The smallest absolute Gasteiger partial charge is 0.229 e. The number of hydrogen-bond donors (Lipinski definition) is 3. The minimum atomic E-state index is -3.22. The van der Waals surface area contributed by atoms with E-state index in [9.17, 15) is 13.2 Å². The molecule has 13 heteroatoms. The number of piperazine rings is 1. The molecule has 3 N–H and O–H groups in total. The van der Waals surface area contributed by atoms with Gasteiger partial charge >= 0.3 is 0 Å². The second-order valence-electron chi connectivity index (χ2n) is 11.9. The molecule has 1 aliphatic heterocycles. The zero-order valence-corrected chi connectivity index (χ0v) is 25.0. The lowest BCUT2D eigenvalue weighted by Crippen LogP contribution is -2.69. The van der Waals surface area contributed by atoms with Gasteiger partial charge in [0.2, 0.25) is 21.9 Å². The summed E-state index contributed by atoms with van der Waals surface area (Å²) in [5.74, 6) is -0.0944. The van der Waals surface area contributed by atoms with Crippen molar-refractivity contribution in [3.8, 4) is 0 Å². The molecule has 40 heavy (non-hydrogen) atoms. The fraction of sp³-hybridized carbons (Fsp3) is 0.593. The van der Waals surface area contributed by atoms with E-state index >= 15 is 4.39 Å². The quantitative estimate of drug-likeness (QED) is 0.445. The monoisotopic (exact) mass is 593 g/mol. The average molecular weight is 594 g/mol. The highest BCUT2D eigenvalue weighted by atomic mass is 35.5. The Hall–Kier alpha value is -2.70. The molecule has 0 unspecified atom stereocenters. The lowest BCUT2D eigenvalue weighted by atomic mass is 9.40. The third-order valence-electron chi connectivity index (χ3n) is 9.39. The topological polar surface area (TPSA) is 120 Å². The van der Waals surface area contributed by atoms with Crippen molar-refractivity contribution >= 4 is 50.7 Å². The molecule has 218 valence electrons. The Morgan fingerprint density at radius 1 is 1.15 bits per heavy atom. The van der Waals surface area contributed by atoms with Crippen LogP contribution in [0.25, 0.3) is 0 Å². The predicted octanol–water partition coefficient (Wildman–Crippen LogP) is 3.69. The van der Waals surface area contributed by atoms with Crippen LogP contribution in [0.1, 0.15) is 33.6 Å². The fourth-order valence-corrected chi connectivity index (χ4v) is 8.06. The van der Waals surface area contributed by atoms with Gasteiger partial charge in [-0.05, 0) is 55.2 Å². The largest absolute Gasteiger partial charge is 0.368 e. The molecule has 0 spiro atoms. The Morgan fingerprint density at radius 2 is 1.85 bits per heavy atom. The van der Waals surface area contributed by atoms with Crippen LogP contribution < -0.4 is 20.9 Å². The van der Waals surface area contributed by atoms with Gasteiger partial charge in [-0.3, -0.25) is 4.79 Å². The van der Waals surface area contributed by atoms with E-state index in [0.29, 0.717) is 42.8 Å². The second-order valence-corrected chi connectivity index (χ2v) is 14.3. The van der Waals surface area contributed by atoms with E-state index in [1.54, 1.807) is 13.1 Å². The molecule has 1 aromatic heterocycles. The molecule has 6 rings (SSSR count). The summed E-state index contributed by atoms with van der Waals surface area (Å²) in [6.45, 7) is 8.29. The van der Waals surface area contributed by atoms with Crippen LogP contribution in [0.15, 0.2) is 24.4 Å². The number of nitrogens with one attached hydrogen (secondary N) is 3. The fourth-order valence-electron chi connectivity index (χ4n) is 6.93. The van der Waals surface area contributed by atoms with Crippen molar-refractivity contribution in [3.63, 3.8) is 0 Å². The van der Waals surface area contributed by atoms with Gasteiger partial charge in [-0.2, -0.15) is 9.29 Å². The summed E-state index contributed by atoms with van der Waals surface area (Å²) in [4.78, 5) is 23.4. The summed E-state index contributed by atoms with van der Waals surface area (Å²) in [6, 6.07) is 5.42. The molecule has 0 radical (unpaired) electrons. The van der Waals surface area contributed by atoms with Crippen LogP contribution in [0.2, 0.25) is 5.02 Å². The summed E-state index contributed by atoms with van der Waals surface area (Å²) >= 11 is 6.60. The number of rotatable bonds is 7. The summed E-state index contributed by atoms with van der Waals surface area (Å²) in [6.07, 6.45) is 4.05. The average Bonchev–Trinajstić information content (AvgIpc) is 2.89. The third kappa shape index (κ3) is 5.09. The number of nitrogens with zero attached hydrogens (tertiary/aromatic N) is 4. The number of anilines is 4. The molecule has 2 aromatic rings. The number of benzene rings is 1. The molecular weight excluding hydrogens is 557 g/mol. The lowest BCUT2D eigenvalue weighted by molar-refractivity contribution is -0.155. The molecule has 3 aliphatic carbocycles. The van der Waals surface area contributed by atoms with Crippen LogP contribution in [-0.4, -0.2) is 73.6 Å². The number of halogens is 2. The summed E-state index contributed by atoms with van der Waals surface area (Å²) in [7, 11) is -1.59. The van der Waals surface area contributed by atoms with Crippen LogP contribution in [0.4, 0.5) is 27.5 Å². The van der Waals surface area contributed by atoms with Gasteiger partial charge in [0.15, 0.2) is 11.6 Å². The standard InChI is InChI=1S/C27H37ClFN7O3S/c1-26(2)16-12-18(24(37)30-4)27(3,22(26)13-16)34-23-20(29)15-31-25(33-23)32-17-6-7-21(19(28)14-17)35-8-10-36(11-9-35)40(5,38)39/h6-7,14-16,18,22H,8-13H2,1-5H3,(H,30,37)(H2,31,32,33,34)/t16-,18+,22+,27-/m0/s1. The van der Waals surface area contributed by atoms with Crippen molar-refractivity contribution in [1.82, 2.24) is 19.6 Å². The van der Waals surface area contributed by atoms with Crippen LogP contribution in [0.3, 0.4) is 0 Å². The highest BCUT2D eigenvalue weighted by Crippen LogP contribution is 2.65. The van der Waals surface area contributed by atoms with Crippen molar-refractivity contribution in [1.29, 1.82) is 0 Å². The number of aromatic nitrogens is 2. The van der Waals surface area contributed by atoms with Crippen LogP contribution in [-0.2, 0) is 14.8 Å². The Morgan fingerprint density at radius 3 is 2.45 bits per heavy atom. The van der Waals surface area contributed by atoms with Crippen molar-refractivity contribution in [2.24, 2.45) is 23.2 Å². The molecule has 1 saturated heterocycles. The Balaban J connectivity index is 1.33. The first-order valence-electron chi connectivity index (χ1n) is 13.5. The van der Waals surface area contributed by atoms with Gasteiger partial charge in [0.25, 0.3) is 0 Å². The summed E-state index contributed by atoms with van der Waals surface area (Å²) < 4.78 is 40.1. The van der Waals surface area contributed by atoms with Gasteiger partial charge in [0.1, 0.15) is 0 Å². The summed E-state index contributed by atoms with van der Waals surface area (Å²) in [5, 5.41) is 9.71. The predicted molar refractivity (Wildman–Crippen MR) is 155 cm³/mol. The molecule has 2 heterocycles. The van der Waals surface area contributed by atoms with Gasteiger partial charge in [-0.1, -0.05) is 25.4 Å². The number of sulfonamides is 1. The molecule has 1 amide bonds. The maximum atomic E-state index is 15.0. The van der Waals surface area contributed by atoms with E-state index in [2.05, 4.69) is 39.8 Å². The zero-order chi connectivity index (χ0) is 29.0. The van der Waals surface area contributed by atoms with Gasteiger partial charge in [-0.25, -0.2) is 17.8 Å². The number of amides is 1. The van der Waals surface area contributed by atoms with Crippen molar-refractivity contribution in [2.75, 3.05) is 55.0 Å². The Bertz CT molecular complexity index is 1420. The van der Waals surface area contributed by atoms with Gasteiger partial charge in [-0.15, -0.1) is 0 Å². The van der Waals surface area contributed by atoms with Gasteiger partial charge in [0, 0.05) is 38.9 Å². The Labute approximate surface area is 240 Å². The second kappa shape index (κ2) is 10.3. The summed E-state index contributed by atoms with van der Waals surface area (Å²) in [5.41, 5.74) is 0.773. The lowest BCUT2D eigenvalue weighted by Gasteiger charge is -2.66. The van der Waals surface area contributed by atoms with Gasteiger partial charge < -0.3 is 20.9 Å². The highest BCUT2D eigenvalue weighted by molar-refractivity contribution is 7.88. The van der Waals surface area contributed by atoms with Crippen LogP contribution >= 0.6 is 11.6 Å². The zero-order valence-electron chi connectivity index (χ0n) is 23.5. The molecular formula is C27H37ClFN7O3S. The molecule has 2 bridgehead atoms. The van der Waals surface area contributed by atoms with Crippen molar-refractivity contribution in [2.45, 2.75) is 39.2 Å². The van der Waals surface area contributed by atoms with E-state index < -0.39 is 21.4 Å². The SMILES string of the molecule is CNC(=O)[C@H]1C[C@H]2C[C@H](C2(C)C)[C@@]1(C)Nc1nc(Nc2ccc(N3CCN(S(C)(=O)=O)CC3)c(Cl)c2)ncc1F. The minimum absolute atomic E-state index is 0.0345. The molecule has 1 aromatic carbocycles. The normalized spacial score (nSPS) is 28.0. The van der Waals surface area contributed by atoms with Crippen LogP contribution in [0.5, 0.6) is 0 Å². The van der Waals surface area contributed by atoms with E-state index in [-0.39, 0.29) is 34.9 Å². The number of carbonyl (C=O) groups is 1. The number of fused-ring (bicyclic) bond motifs is 2. The third-order valence-corrected chi connectivity index (χ3v) is 11.0.